The van der Waals surface area contributed by atoms with Crippen LogP contribution in [-0.2, 0) is 16.1 Å². The number of amides is 3. The lowest BCUT2D eigenvalue weighted by atomic mass is 10.2. The highest BCUT2D eigenvalue weighted by Crippen LogP contribution is 2.34. The summed E-state index contributed by atoms with van der Waals surface area (Å²) in [6, 6.07) is 14.3. The Morgan fingerprint density at radius 3 is 2.70 bits per heavy atom. The normalized spacial score (nSPS) is 15.4. The van der Waals surface area contributed by atoms with Gasteiger partial charge in [-0.3, -0.25) is 19.3 Å². The fourth-order valence-corrected chi connectivity index (χ4v) is 3.68. The van der Waals surface area contributed by atoms with Gasteiger partial charge >= 0.3 is 0 Å². The van der Waals surface area contributed by atoms with Crippen molar-refractivity contribution in [3.63, 3.8) is 0 Å². The molecule has 2 aromatic rings. The summed E-state index contributed by atoms with van der Waals surface area (Å²) >= 11 is 4.32. The summed E-state index contributed by atoms with van der Waals surface area (Å²) < 4.78 is 6.10. The number of ether oxygens (including phenoxy) is 1. The number of carbonyl (C=O) groups excluding carboxylic acids is 3. The Morgan fingerprint density at radius 2 is 1.96 bits per heavy atom. The first kappa shape index (κ1) is 19.2. The average molecular weight is 447 g/mol. The van der Waals surface area contributed by atoms with Gasteiger partial charge in [-0.1, -0.05) is 46.3 Å². The largest absolute Gasteiger partial charge is 0.484 e. The molecule has 0 spiro atoms. The second-order valence-corrected chi connectivity index (χ2v) is 7.53. The monoisotopic (exact) mass is 446 g/mol. The molecule has 3 rings (SSSR count). The smallest absolute Gasteiger partial charge is 0.293 e. The number of halogens is 1. The van der Waals surface area contributed by atoms with E-state index in [1.165, 1.54) is 4.90 Å². The van der Waals surface area contributed by atoms with Gasteiger partial charge < -0.3 is 10.5 Å². The van der Waals surface area contributed by atoms with Gasteiger partial charge in [0, 0.05) is 4.47 Å². The van der Waals surface area contributed by atoms with E-state index in [0.717, 1.165) is 21.8 Å². The second kappa shape index (κ2) is 8.41. The lowest BCUT2D eigenvalue weighted by Gasteiger charge is -2.13. The zero-order chi connectivity index (χ0) is 19.4. The highest BCUT2D eigenvalue weighted by atomic mass is 79.9. The molecule has 138 valence electrons. The van der Waals surface area contributed by atoms with Crippen molar-refractivity contribution in [2.75, 3.05) is 6.61 Å². The lowest BCUT2D eigenvalue weighted by molar-refractivity contribution is -0.123. The molecule has 0 saturated carbocycles. The van der Waals surface area contributed by atoms with Crippen LogP contribution in [0.1, 0.15) is 11.1 Å². The minimum absolute atomic E-state index is 0.200. The standard InChI is InChI=1S/C19H15BrN2O4S/c20-15-7-2-1-5-13(15)10-22-18(24)16(27-19(22)25)9-12-4-3-6-14(8-12)26-11-17(21)23/h1-9H,10-11H2,(H2,21,23)/b16-9-. The summed E-state index contributed by atoms with van der Waals surface area (Å²) in [5.41, 5.74) is 6.60. The van der Waals surface area contributed by atoms with E-state index in [0.29, 0.717) is 16.2 Å². The van der Waals surface area contributed by atoms with Gasteiger partial charge in [0.05, 0.1) is 11.4 Å². The van der Waals surface area contributed by atoms with Crippen molar-refractivity contribution in [1.82, 2.24) is 4.90 Å². The van der Waals surface area contributed by atoms with Gasteiger partial charge in [-0.05, 0) is 47.2 Å². The van der Waals surface area contributed by atoms with Gasteiger partial charge in [0.25, 0.3) is 17.1 Å². The van der Waals surface area contributed by atoms with Crippen LogP contribution in [0.4, 0.5) is 4.79 Å². The van der Waals surface area contributed by atoms with Crippen molar-refractivity contribution in [3.8, 4) is 5.75 Å². The first-order valence-corrected chi connectivity index (χ1v) is 9.55. The van der Waals surface area contributed by atoms with Crippen LogP contribution in [0.5, 0.6) is 5.75 Å². The van der Waals surface area contributed by atoms with Gasteiger partial charge in [-0.2, -0.15) is 0 Å². The van der Waals surface area contributed by atoms with Gasteiger partial charge in [-0.15, -0.1) is 0 Å². The first-order valence-electron chi connectivity index (χ1n) is 7.94. The number of primary amides is 1. The van der Waals surface area contributed by atoms with Crippen LogP contribution in [0.15, 0.2) is 57.9 Å². The number of carbonyl (C=O) groups is 3. The Kier molecular flexibility index (Phi) is 5.98. The Morgan fingerprint density at radius 1 is 1.19 bits per heavy atom. The summed E-state index contributed by atoms with van der Waals surface area (Å²) in [7, 11) is 0. The molecule has 1 fully saturated rings. The quantitative estimate of drug-likeness (QED) is 0.685. The molecule has 2 N–H and O–H groups in total. The Balaban J connectivity index is 1.77. The predicted octanol–water partition coefficient (Wildman–Crippen LogP) is 3.55. The van der Waals surface area contributed by atoms with Crippen molar-refractivity contribution >= 4 is 50.8 Å². The Bertz CT molecular complexity index is 945. The van der Waals surface area contributed by atoms with E-state index >= 15 is 0 Å². The molecular weight excluding hydrogens is 432 g/mol. The number of thioether (sulfide) groups is 1. The molecular formula is C19H15BrN2O4S. The van der Waals surface area contributed by atoms with E-state index in [2.05, 4.69) is 15.9 Å². The van der Waals surface area contributed by atoms with Crippen LogP contribution in [0.3, 0.4) is 0 Å². The van der Waals surface area contributed by atoms with Crippen molar-refractivity contribution in [3.05, 3.63) is 69.0 Å². The van der Waals surface area contributed by atoms with Crippen molar-refractivity contribution < 1.29 is 19.1 Å². The van der Waals surface area contributed by atoms with E-state index < -0.39 is 5.91 Å². The summed E-state index contributed by atoms with van der Waals surface area (Å²) in [4.78, 5) is 37.3. The van der Waals surface area contributed by atoms with E-state index in [1.807, 2.05) is 24.3 Å². The fraction of sp³-hybridized carbons (Fsp3) is 0.105. The summed E-state index contributed by atoms with van der Waals surface area (Å²) in [6.07, 6.45) is 1.63. The molecule has 2 aromatic carbocycles. The molecule has 0 unspecified atom stereocenters. The fourth-order valence-electron chi connectivity index (χ4n) is 2.43. The third-order valence-electron chi connectivity index (χ3n) is 3.70. The zero-order valence-corrected chi connectivity index (χ0v) is 16.5. The molecule has 0 atom stereocenters. The lowest BCUT2D eigenvalue weighted by Crippen LogP contribution is -2.27. The molecule has 1 aliphatic heterocycles. The number of rotatable bonds is 6. The number of benzene rings is 2. The number of imide groups is 1. The van der Waals surface area contributed by atoms with Crippen LogP contribution >= 0.6 is 27.7 Å². The number of nitrogens with two attached hydrogens (primary N) is 1. The molecule has 0 radical (unpaired) electrons. The van der Waals surface area contributed by atoms with Crippen LogP contribution in [0.25, 0.3) is 6.08 Å². The number of nitrogens with zero attached hydrogens (tertiary/aromatic N) is 1. The van der Waals surface area contributed by atoms with Crippen molar-refractivity contribution in [2.24, 2.45) is 5.73 Å². The molecule has 0 bridgehead atoms. The maximum atomic E-state index is 12.6. The SMILES string of the molecule is NC(=O)COc1cccc(/C=C2\SC(=O)N(Cc3ccccc3Br)C2=O)c1. The predicted molar refractivity (Wildman–Crippen MR) is 107 cm³/mol. The average Bonchev–Trinajstić information content (AvgIpc) is 2.89. The number of hydrogen-bond donors (Lipinski definition) is 1. The third-order valence-corrected chi connectivity index (χ3v) is 5.38. The molecule has 1 saturated heterocycles. The molecule has 3 amide bonds. The van der Waals surface area contributed by atoms with E-state index in [1.54, 1.807) is 30.3 Å². The highest BCUT2D eigenvalue weighted by molar-refractivity contribution is 9.10. The van der Waals surface area contributed by atoms with Crippen LogP contribution in [0, 0.1) is 0 Å². The second-order valence-electron chi connectivity index (χ2n) is 5.69. The van der Waals surface area contributed by atoms with Crippen LogP contribution in [-0.4, -0.2) is 28.6 Å². The first-order chi connectivity index (χ1) is 12.9. The van der Waals surface area contributed by atoms with Crippen LogP contribution < -0.4 is 10.5 Å². The minimum Gasteiger partial charge on any atom is -0.484 e. The van der Waals surface area contributed by atoms with Crippen molar-refractivity contribution in [2.45, 2.75) is 6.54 Å². The summed E-state index contributed by atoms with van der Waals surface area (Å²) in [5.74, 6) is -0.465. The molecule has 0 aromatic heterocycles. The molecule has 1 heterocycles. The maximum Gasteiger partial charge on any atom is 0.293 e. The Hall–Kier alpha value is -2.58. The summed E-state index contributed by atoms with van der Waals surface area (Å²) in [5, 5.41) is -0.317. The van der Waals surface area contributed by atoms with Gasteiger partial charge in [-0.25, -0.2) is 0 Å². The third kappa shape index (κ3) is 4.78. The van der Waals surface area contributed by atoms with E-state index in [4.69, 9.17) is 10.5 Å². The molecule has 6 nitrogen and oxygen atoms in total. The Labute approximate surface area is 168 Å². The van der Waals surface area contributed by atoms with Gasteiger partial charge in [0.1, 0.15) is 5.75 Å². The molecule has 27 heavy (non-hydrogen) atoms. The van der Waals surface area contributed by atoms with Crippen molar-refractivity contribution in [1.29, 1.82) is 0 Å². The topological polar surface area (TPSA) is 89.7 Å². The number of hydrogen-bond acceptors (Lipinski definition) is 5. The van der Waals surface area contributed by atoms with Crippen LogP contribution in [0.2, 0.25) is 0 Å². The van der Waals surface area contributed by atoms with E-state index in [9.17, 15) is 14.4 Å². The maximum absolute atomic E-state index is 12.6. The zero-order valence-electron chi connectivity index (χ0n) is 14.1. The minimum atomic E-state index is -0.575. The molecule has 8 heteroatoms. The molecule has 0 aliphatic carbocycles. The summed E-state index contributed by atoms with van der Waals surface area (Å²) in [6.45, 7) is -0.0306. The van der Waals surface area contributed by atoms with Gasteiger partial charge in [0.2, 0.25) is 0 Å². The van der Waals surface area contributed by atoms with E-state index in [-0.39, 0.29) is 24.3 Å². The highest BCUT2D eigenvalue weighted by Gasteiger charge is 2.35. The van der Waals surface area contributed by atoms with Gasteiger partial charge in [0.15, 0.2) is 6.61 Å². The molecule has 1 aliphatic rings.